The van der Waals surface area contributed by atoms with Crippen LogP contribution in [0.3, 0.4) is 0 Å². The van der Waals surface area contributed by atoms with E-state index in [1.807, 2.05) is 44.2 Å². The van der Waals surface area contributed by atoms with E-state index in [4.69, 9.17) is 11.6 Å². The van der Waals surface area contributed by atoms with Gasteiger partial charge in [0.2, 0.25) is 0 Å². The fraction of sp³-hybridized carbons (Fsp3) is 0.158. The van der Waals surface area contributed by atoms with Crippen LogP contribution in [0.2, 0.25) is 4.47 Å². The highest BCUT2D eigenvalue weighted by atomic mass is 35.5. The van der Waals surface area contributed by atoms with Crippen LogP contribution in [0.4, 0.5) is 11.4 Å². The molecule has 0 aliphatic heterocycles. The lowest BCUT2D eigenvalue weighted by molar-refractivity contribution is 0.102. The maximum atomic E-state index is 12.7. The van der Waals surface area contributed by atoms with Crippen molar-refractivity contribution in [2.75, 3.05) is 10.6 Å². The highest BCUT2D eigenvalue weighted by molar-refractivity contribution is 7.15. The van der Waals surface area contributed by atoms with Crippen molar-refractivity contribution in [3.8, 4) is 0 Å². The molecule has 6 heteroatoms. The Morgan fingerprint density at radius 1 is 1.16 bits per heavy atom. The highest BCUT2D eigenvalue weighted by Gasteiger charge is 2.12. The number of benzene rings is 2. The lowest BCUT2D eigenvalue weighted by Crippen LogP contribution is -2.14. The summed E-state index contributed by atoms with van der Waals surface area (Å²) in [7, 11) is 0. The van der Waals surface area contributed by atoms with E-state index in [1.165, 1.54) is 11.3 Å². The third kappa shape index (κ3) is 4.59. The van der Waals surface area contributed by atoms with Gasteiger partial charge in [-0.25, -0.2) is 4.98 Å². The molecule has 0 saturated heterocycles. The second-order valence-corrected chi connectivity index (χ2v) is 7.51. The summed E-state index contributed by atoms with van der Waals surface area (Å²) >= 11 is 7.27. The summed E-state index contributed by atoms with van der Waals surface area (Å²) in [5.41, 5.74) is 4.39. The third-order valence-corrected chi connectivity index (χ3v) is 4.74. The zero-order valence-electron chi connectivity index (χ0n) is 14.0. The summed E-state index contributed by atoms with van der Waals surface area (Å²) in [6, 6.07) is 13.4. The molecule has 0 atom stereocenters. The van der Waals surface area contributed by atoms with Gasteiger partial charge in [-0.1, -0.05) is 29.8 Å². The molecule has 1 amide bonds. The number of carbonyl (C=O) groups excluding carboxylic acids is 1. The second-order valence-electron chi connectivity index (χ2n) is 5.81. The molecule has 0 aliphatic carbocycles. The zero-order chi connectivity index (χ0) is 17.8. The number of rotatable bonds is 5. The second kappa shape index (κ2) is 7.68. The first-order valence-electron chi connectivity index (χ1n) is 7.84. The average molecular weight is 372 g/mol. The first-order chi connectivity index (χ1) is 12.0. The third-order valence-electron chi connectivity index (χ3n) is 3.63. The first kappa shape index (κ1) is 17.5. The molecule has 4 nitrogen and oxygen atoms in total. The molecule has 128 valence electrons. The van der Waals surface area contributed by atoms with Gasteiger partial charge < -0.3 is 10.6 Å². The standard InChI is InChI=1S/C19H18ClN3OS/c1-12-7-13(2)9-14(8-12)23-18(24)16-5-3-4-6-17(16)21-10-15-11-22-19(20)25-15/h3-9,11,21H,10H2,1-2H3,(H,23,24). The van der Waals surface area contributed by atoms with E-state index in [1.54, 1.807) is 12.3 Å². The minimum absolute atomic E-state index is 0.143. The average Bonchev–Trinajstić information content (AvgIpc) is 2.97. The van der Waals surface area contributed by atoms with E-state index in [2.05, 4.69) is 21.7 Å². The molecule has 0 aliphatic rings. The van der Waals surface area contributed by atoms with Crippen molar-refractivity contribution >= 4 is 40.2 Å². The summed E-state index contributed by atoms with van der Waals surface area (Å²) in [4.78, 5) is 17.7. The summed E-state index contributed by atoms with van der Waals surface area (Å²) in [6.07, 6.45) is 1.73. The molecule has 0 fully saturated rings. The molecule has 0 saturated carbocycles. The topological polar surface area (TPSA) is 54.0 Å². The van der Waals surface area contributed by atoms with Gasteiger partial charge in [0.1, 0.15) is 0 Å². The van der Waals surface area contributed by atoms with Crippen molar-refractivity contribution in [1.29, 1.82) is 0 Å². The number of nitrogens with one attached hydrogen (secondary N) is 2. The lowest BCUT2D eigenvalue weighted by atomic mass is 10.1. The molecule has 0 bridgehead atoms. The monoisotopic (exact) mass is 371 g/mol. The van der Waals surface area contributed by atoms with Gasteiger partial charge >= 0.3 is 0 Å². The number of nitrogens with zero attached hydrogens (tertiary/aromatic N) is 1. The van der Waals surface area contributed by atoms with Gasteiger partial charge in [-0.05, 0) is 49.2 Å². The lowest BCUT2D eigenvalue weighted by Gasteiger charge is -2.12. The van der Waals surface area contributed by atoms with Crippen molar-refractivity contribution in [2.45, 2.75) is 20.4 Å². The van der Waals surface area contributed by atoms with E-state index in [0.717, 1.165) is 27.4 Å². The van der Waals surface area contributed by atoms with Crippen LogP contribution in [-0.4, -0.2) is 10.9 Å². The smallest absolute Gasteiger partial charge is 0.257 e. The van der Waals surface area contributed by atoms with Crippen LogP contribution in [-0.2, 0) is 6.54 Å². The normalized spacial score (nSPS) is 10.5. The Kier molecular flexibility index (Phi) is 5.36. The molecule has 2 aromatic carbocycles. The fourth-order valence-corrected chi connectivity index (χ4v) is 3.55. The number of hydrogen-bond donors (Lipinski definition) is 2. The summed E-state index contributed by atoms with van der Waals surface area (Å²) < 4.78 is 0.512. The molecule has 1 heterocycles. The van der Waals surface area contributed by atoms with Crippen molar-refractivity contribution in [2.24, 2.45) is 0 Å². The van der Waals surface area contributed by atoms with Crippen molar-refractivity contribution in [3.63, 3.8) is 0 Å². The highest BCUT2D eigenvalue weighted by Crippen LogP contribution is 2.22. The Morgan fingerprint density at radius 2 is 1.88 bits per heavy atom. The summed E-state index contributed by atoms with van der Waals surface area (Å²) in [5.74, 6) is -0.143. The van der Waals surface area contributed by atoms with Gasteiger partial charge in [-0.2, -0.15) is 0 Å². The molecular weight excluding hydrogens is 354 g/mol. The van der Waals surface area contributed by atoms with Gasteiger partial charge in [-0.3, -0.25) is 4.79 Å². The molecule has 2 N–H and O–H groups in total. The maximum absolute atomic E-state index is 12.7. The Balaban J connectivity index is 1.76. The summed E-state index contributed by atoms with van der Waals surface area (Å²) in [6.45, 7) is 4.59. The van der Waals surface area contributed by atoms with Gasteiger partial charge in [0, 0.05) is 22.4 Å². The largest absolute Gasteiger partial charge is 0.379 e. The number of para-hydroxylation sites is 1. The van der Waals surface area contributed by atoms with Crippen LogP contribution in [0.25, 0.3) is 0 Å². The van der Waals surface area contributed by atoms with E-state index in [-0.39, 0.29) is 5.91 Å². The maximum Gasteiger partial charge on any atom is 0.257 e. The number of carbonyl (C=O) groups is 1. The van der Waals surface area contributed by atoms with Crippen molar-refractivity contribution < 1.29 is 4.79 Å². The molecular formula is C19H18ClN3OS. The number of aryl methyl sites for hydroxylation is 2. The van der Waals surface area contributed by atoms with Gasteiger partial charge in [0.25, 0.3) is 5.91 Å². The van der Waals surface area contributed by atoms with Gasteiger partial charge in [0.15, 0.2) is 4.47 Å². The minimum atomic E-state index is -0.143. The molecule has 0 unspecified atom stereocenters. The van der Waals surface area contributed by atoms with E-state index < -0.39 is 0 Å². The SMILES string of the molecule is Cc1cc(C)cc(NC(=O)c2ccccc2NCc2cnc(Cl)s2)c1. The van der Waals surface area contributed by atoms with Crippen LogP contribution in [0, 0.1) is 13.8 Å². The van der Waals surface area contributed by atoms with E-state index >= 15 is 0 Å². The quantitative estimate of drug-likeness (QED) is 0.641. The zero-order valence-corrected chi connectivity index (χ0v) is 15.5. The molecule has 3 aromatic rings. The molecule has 0 spiro atoms. The predicted molar refractivity (Wildman–Crippen MR) is 105 cm³/mol. The van der Waals surface area contributed by atoms with Crippen molar-refractivity contribution in [1.82, 2.24) is 4.98 Å². The van der Waals surface area contributed by atoms with E-state index in [0.29, 0.717) is 16.6 Å². The Morgan fingerprint density at radius 3 is 2.56 bits per heavy atom. The number of amides is 1. The first-order valence-corrected chi connectivity index (χ1v) is 9.03. The van der Waals surface area contributed by atoms with Crippen LogP contribution in [0.1, 0.15) is 26.4 Å². The molecule has 25 heavy (non-hydrogen) atoms. The molecule has 0 radical (unpaired) electrons. The Labute approximate surface area is 155 Å². The van der Waals surface area contributed by atoms with Crippen LogP contribution in [0.15, 0.2) is 48.7 Å². The molecule has 3 rings (SSSR count). The number of thiazole rings is 1. The minimum Gasteiger partial charge on any atom is -0.379 e. The number of aromatic nitrogens is 1. The van der Waals surface area contributed by atoms with Crippen molar-refractivity contribution in [3.05, 3.63) is 74.7 Å². The fourth-order valence-electron chi connectivity index (χ4n) is 2.63. The summed E-state index contributed by atoms with van der Waals surface area (Å²) in [5, 5.41) is 6.26. The van der Waals surface area contributed by atoms with Gasteiger partial charge in [-0.15, -0.1) is 11.3 Å². The number of anilines is 2. The van der Waals surface area contributed by atoms with Crippen LogP contribution < -0.4 is 10.6 Å². The van der Waals surface area contributed by atoms with Crippen LogP contribution in [0.5, 0.6) is 0 Å². The predicted octanol–water partition coefficient (Wildman–Crippen LogP) is 5.28. The van der Waals surface area contributed by atoms with E-state index in [9.17, 15) is 4.79 Å². The Hall–Kier alpha value is -2.37. The van der Waals surface area contributed by atoms with Crippen LogP contribution >= 0.6 is 22.9 Å². The molecule has 1 aromatic heterocycles. The number of hydrogen-bond acceptors (Lipinski definition) is 4. The van der Waals surface area contributed by atoms with Gasteiger partial charge in [0.05, 0.1) is 12.1 Å². The number of halogens is 1. The Bertz CT molecular complexity index is 887.